The van der Waals surface area contributed by atoms with E-state index in [-0.39, 0.29) is 0 Å². The van der Waals surface area contributed by atoms with Crippen molar-refractivity contribution in [3.63, 3.8) is 0 Å². The van der Waals surface area contributed by atoms with Gasteiger partial charge in [0, 0.05) is 9.61 Å². The molecule has 0 saturated carbocycles. The van der Waals surface area contributed by atoms with Crippen molar-refractivity contribution in [2.45, 2.75) is 18.9 Å². The van der Waals surface area contributed by atoms with E-state index in [9.17, 15) is 0 Å². The lowest BCUT2D eigenvalue weighted by molar-refractivity contribution is 0.303. The molecular weight excluding hydrogens is 273 g/mol. The fourth-order valence-electron chi connectivity index (χ4n) is 1.93. The standard InChI is InChI=1S/C11H14IN/c1-13(2)11-6-8-3-4-10(12)5-9(8)7-11/h3-5,11H,6-7H2,1-2H3. The van der Waals surface area contributed by atoms with Crippen molar-refractivity contribution >= 4 is 22.6 Å². The molecule has 0 fully saturated rings. The minimum Gasteiger partial charge on any atom is -0.306 e. The number of nitrogens with zero attached hydrogens (tertiary/aromatic N) is 1. The van der Waals surface area contributed by atoms with Gasteiger partial charge in [-0.05, 0) is 72.8 Å². The molecule has 0 spiro atoms. The van der Waals surface area contributed by atoms with Crippen LogP contribution in [0.1, 0.15) is 11.1 Å². The molecule has 1 atom stereocenters. The Morgan fingerprint density at radius 3 is 2.62 bits per heavy atom. The maximum Gasteiger partial charge on any atom is 0.0170 e. The van der Waals surface area contributed by atoms with Crippen LogP contribution in [-0.2, 0) is 12.8 Å². The summed E-state index contributed by atoms with van der Waals surface area (Å²) in [4.78, 5) is 2.33. The Bertz CT molecular complexity index is 320. The van der Waals surface area contributed by atoms with Crippen LogP contribution in [-0.4, -0.2) is 25.0 Å². The minimum atomic E-state index is 0.716. The molecule has 1 nitrogen and oxygen atoms in total. The zero-order valence-corrected chi connectivity index (χ0v) is 10.2. The Balaban J connectivity index is 2.25. The third-order valence-electron chi connectivity index (χ3n) is 2.81. The molecule has 70 valence electrons. The summed E-state index contributed by atoms with van der Waals surface area (Å²) in [5.41, 5.74) is 3.09. The van der Waals surface area contributed by atoms with E-state index >= 15 is 0 Å². The van der Waals surface area contributed by atoms with Gasteiger partial charge in [0.25, 0.3) is 0 Å². The van der Waals surface area contributed by atoms with Gasteiger partial charge >= 0.3 is 0 Å². The number of halogens is 1. The zero-order chi connectivity index (χ0) is 9.42. The van der Waals surface area contributed by atoms with Crippen molar-refractivity contribution in [1.82, 2.24) is 4.90 Å². The monoisotopic (exact) mass is 287 g/mol. The summed E-state index contributed by atoms with van der Waals surface area (Å²) in [5, 5.41) is 0. The molecule has 0 amide bonds. The van der Waals surface area contributed by atoms with Crippen LogP contribution in [0.3, 0.4) is 0 Å². The van der Waals surface area contributed by atoms with Crippen molar-refractivity contribution in [1.29, 1.82) is 0 Å². The summed E-state index contributed by atoms with van der Waals surface area (Å²) >= 11 is 2.38. The molecule has 1 aromatic carbocycles. The summed E-state index contributed by atoms with van der Waals surface area (Å²) in [6, 6.07) is 7.52. The molecule has 0 bridgehead atoms. The van der Waals surface area contributed by atoms with Gasteiger partial charge in [0.15, 0.2) is 0 Å². The van der Waals surface area contributed by atoms with Gasteiger partial charge in [0.1, 0.15) is 0 Å². The molecule has 2 rings (SSSR count). The van der Waals surface area contributed by atoms with E-state index in [0.29, 0.717) is 6.04 Å². The molecule has 0 saturated heterocycles. The molecule has 1 aliphatic rings. The van der Waals surface area contributed by atoms with E-state index in [1.54, 1.807) is 11.1 Å². The Labute approximate surface area is 93.3 Å². The predicted octanol–water partition coefficient (Wildman–Crippen LogP) is 2.32. The van der Waals surface area contributed by atoms with Crippen LogP contribution in [0.5, 0.6) is 0 Å². The van der Waals surface area contributed by atoms with Crippen molar-refractivity contribution in [3.8, 4) is 0 Å². The second-order valence-electron chi connectivity index (χ2n) is 3.94. The highest BCUT2D eigenvalue weighted by Gasteiger charge is 2.22. The second-order valence-corrected chi connectivity index (χ2v) is 5.18. The third-order valence-corrected chi connectivity index (χ3v) is 3.48. The molecular formula is C11H14IN. The highest BCUT2D eigenvalue weighted by atomic mass is 127. The van der Waals surface area contributed by atoms with E-state index in [1.165, 1.54) is 16.4 Å². The fraction of sp³-hybridized carbons (Fsp3) is 0.455. The van der Waals surface area contributed by atoms with Gasteiger partial charge < -0.3 is 4.90 Å². The number of benzene rings is 1. The fourth-order valence-corrected chi connectivity index (χ4v) is 2.48. The van der Waals surface area contributed by atoms with Crippen molar-refractivity contribution in [2.75, 3.05) is 14.1 Å². The summed E-state index contributed by atoms with van der Waals surface area (Å²) in [7, 11) is 4.34. The Hall–Kier alpha value is -0.0900. The molecule has 1 unspecified atom stereocenters. The second kappa shape index (κ2) is 3.58. The van der Waals surface area contributed by atoms with Gasteiger partial charge in [-0.2, -0.15) is 0 Å². The smallest absolute Gasteiger partial charge is 0.0170 e. The van der Waals surface area contributed by atoms with Gasteiger partial charge in [-0.15, -0.1) is 0 Å². The zero-order valence-electron chi connectivity index (χ0n) is 8.05. The van der Waals surface area contributed by atoms with Crippen LogP contribution in [0.15, 0.2) is 18.2 Å². The lowest BCUT2D eigenvalue weighted by Crippen LogP contribution is -2.27. The number of fused-ring (bicyclic) bond motifs is 1. The predicted molar refractivity (Wildman–Crippen MR) is 64.0 cm³/mol. The average molecular weight is 287 g/mol. The van der Waals surface area contributed by atoms with Crippen LogP contribution >= 0.6 is 22.6 Å². The highest BCUT2D eigenvalue weighted by Crippen LogP contribution is 2.25. The van der Waals surface area contributed by atoms with E-state index in [1.807, 2.05) is 0 Å². The Kier molecular flexibility index (Phi) is 2.60. The van der Waals surface area contributed by atoms with E-state index in [0.717, 1.165) is 0 Å². The number of rotatable bonds is 1. The highest BCUT2D eigenvalue weighted by molar-refractivity contribution is 14.1. The van der Waals surface area contributed by atoms with E-state index in [2.05, 4.69) is 59.8 Å². The molecule has 0 aliphatic heterocycles. The maximum absolute atomic E-state index is 2.38. The molecule has 13 heavy (non-hydrogen) atoms. The summed E-state index contributed by atoms with van der Waals surface area (Å²) < 4.78 is 1.36. The quantitative estimate of drug-likeness (QED) is 0.717. The number of hydrogen-bond donors (Lipinski definition) is 0. The van der Waals surface area contributed by atoms with Crippen LogP contribution in [0.4, 0.5) is 0 Å². The van der Waals surface area contributed by atoms with Crippen LogP contribution in [0.2, 0.25) is 0 Å². The van der Waals surface area contributed by atoms with Crippen LogP contribution in [0, 0.1) is 3.57 Å². The topological polar surface area (TPSA) is 3.24 Å². The molecule has 0 heterocycles. The maximum atomic E-state index is 2.38. The van der Waals surface area contributed by atoms with Gasteiger partial charge in [-0.1, -0.05) is 6.07 Å². The first-order chi connectivity index (χ1) is 6.16. The van der Waals surface area contributed by atoms with Gasteiger partial charge in [-0.3, -0.25) is 0 Å². The van der Waals surface area contributed by atoms with Gasteiger partial charge in [0.2, 0.25) is 0 Å². The normalized spacial score (nSPS) is 20.8. The largest absolute Gasteiger partial charge is 0.306 e. The first-order valence-corrected chi connectivity index (χ1v) is 5.68. The van der Waals surface area contributed by atoms with Crippen LogP contribution < -0.4 is 0 Å². The van der Waals surface area contributed by atoms with E-state index < -0.39 is 0 Å². The molecule has 1 aliphatic carbocycles. The molecule has 0 radical (unpaired) electrons. The average Bonchev–Trinajstić information content (AvgIpc) is 2.46. The number of likely N-dealkylation sites (N-methyl/N-ethyl adjacent to an activating group) is 1. The molecule has 0 N–H and O–H groups in total. The van der Waals surface area contributed by atoms with Gasteiger partial charge in [-0.25, -0.2) is 0 Å². The summed E-state index contributed by atoms with van der Waals surface area (Å²) in [6.07, 6.45) is 2.44. The third kappa shape index (κ3) is 1.89. The molecule has 2 heteroatoms. The number of hydrogen-bond acceptors (Lipinski definition) is 1. The molecule has 1 aromatic rings. The van der Waals surface area contributed by atoms with Crippen molar-refractivity contribution in [2.24, 2.45) is 0 Å². The van der Waals surface area contributed by atoms with Crippen LogP contribution in [0.25, 0.3) is 0 Å². The molecule has 0 aromatic heterocycles. The first kappa shape index (κ1) is 9.46. The van der Waals surface area contributed by atoms with Crippen molar-refractivity contribution in [3.05, 3.63) is 32.9 Å². The van der Waals surface area contributed by atoms with E-state index in [4.69, 9.17) is 0 Å². The summed E-state index contributed by atoms with van der Waals surface area (Å²) in [6.45, 7) is 0. The lowest BCUT2D eigenvalue weighted by Gasteiger charge is -2.17. The Morgan fingerprint density at radius 2 is 1.92 bits per heavy atom. The summed E-state index contributed by atoms with van der Waals surface area (Å²) in [5.74, 6) is 0. The minimum absolute atomic E-state index is 0.716. The Morgan fingerprint density at radius 1 is 1.23 bits per heavy atom. The SMILES string of the molecule is CN(C)C1Cc2ccc(I)cc2C1. The van der Waals surface area contributed by atoms with Crippen molar-refractivity contribution < 1.29 is 0 Å². The lowest BCUT2D eigenvalue weighted by atomic mass is 10.1. The van der Waals surface area contributed by atoms with Gasteiger partial charge in [0.05, 0.1) is 0 Å². The first-order valence-electron chi connectivity index (χ1n) is 4.60.